The molecule has 0 radical (unpaired) electrons. The monoisotopic (exact) mass is 580 g/mol. The van der Waals surface area contributed by atoms with Gasteiger partial charge in [-0.15, -0.1) is 0 Å². The number of hydrogen-bond acceptors (Lipinski definition) is 4. The summed E-state index contributed by atoms with van der Waals surface area (Å²) < 4.78 is 0. The minimum absolute atomic E-state index is 0.100. The molecule has 0 aliphatic carbocycles. The van der Waals surface area contributed by atoms with E-state index in [1.807, 2.05) is 60.7 Å². The van der Waals surface area contributed by atoms with Crippen LogP contribution in [0, 0.1) is 0 Å². The summed E-state index contributed by atoms with van der Waals surface area (Å²) in [5.74, 6) is 0. The average molecular weight is 581 g/mol. The lowest BCUT2D eigenvalue weighted by Gasteiger charge is -2.09. The molecule has 0 unspecified atom stereocenters. The van der Waals surface area contributed by atoms with E-state index in [4.69, 9.17) is 0 Å². The summed E-state index contributed by atoms with van der Waals surface area (Å²) in [6.07, 6.45) is 0. The van der Waals surface area contributed by atoms with Crippen LogP contribution in [0.15, 0.2) is 163 Å². The van der Waals surface area contributed by atoms with Gasteiger partial charge in [-0.2, -0.15) is 0 Å². The second kappa shape index (κ2) is 11.2. The summed E-state index contributed by atoms with van der Waals surface area (Å²) in [7, 11) is 0. The van der Waals surface area contributed by atoms with E-state index < -0.39 is 0 Å². The van der Waals surface area contributed by atoms with Crippen molar-refractivity contribution in [3.8, 4) is 22.5 Å². The fraction of sp³-hybridized carbons (Fsp3) is 0. The highest BCUT2D eigenvalue weighted by molar-refractivity contribution is 7.99. The Hall–Kier alpha value is -4.78. The molecule has 202 valence electrons. The molecule has 5 aromatic carbocycles. The molecule has 0 spiro atoms. The van der Waals surface area contributed by atoms with Gasteiger partial charge in [-0.1, -0.05) is 84.2 Å². The highest BCUT2D eigenvalue weighted by atomic mass is 32.2. The molecule has 2 heterocycles. The first-order valence-electron chi connectivity index (χ1n) is 13.5. The minimum Gasteiger partial charge on any atom is -0.354 e. The van der Waals surface area contributed by atoms with Crippen LogP contribution in [-0.2, 0) is 0 Å². The van der Waals surface area contributed by atoms with Crippen molar-refractivity contribution in [1.82, 2.24) is 9.97 Å². The zero-order chi connectivity index (χ0) is 28.5. The second-order valence-corrected chi connectivity index (χ2v) is 12.2. The van der Waals surface area contributed by atoms with Crippen LogP contribution in [0.4, 0.5) is 0 Å². The zero-order valence-electron chi connectivity index (χ0n) is 22.3. The zero-order valence-corrected chi connectivity index (χ0v) is 24.0. The Morgan fingerprint density at radius 2 is 0.762 bits per heavy atom. The van der Waals surface area contributed by atoms with Crippen LogP contribution in [0.1, 0.15) is 0 Å². The predicted octanol–water partition coefficient (Wildman–Crippen LogP) is 9.01. The van der Waals surface area contributed by atoms with E-state index in [1.165, 1.54) is 9.79 Å². The average Bonchev–Trinajstić information content (AvgIpc) is 3.02. The van der Waals surface area contributed by atoms with Crippen LogP contribution in [-0.4, -0.2) is 9.97 Å². The lowest BCUT2D eigenvalue weighted by Crippen LogP contribution is -2.07. The molecule has 4 nitrogen and oxygen atoms in total. The Morgan fingerprint density at radius 1 is 0.405 bits per heavy atom. The molecule has 0 bridgehead atoms. The van der Waals surface area contributed by atoms with Crippen molar-refractivity contribution in [1.29, 1.82) is 0 Å². The van der Waals surface area contributed by atoms with Gasteiger partial charge in [0.25, 0.3) is 0 Å². The van der Waals surface area contributed by atoms with Crippen LogP contribution in [0.25, 0.3) is 44.3 Å². The van der Waals surface area contributed by atoms with Crippen LogP contribution in [0.5, 0.6) is 0 Å². The van der Waals surface area contributed by atoms with Crippen LogP contribution < -0.4 is 10.9 Å². The van der Waals surface area contributed by atoms with Crippen LogP contribution >= 0.6 is 23.5 Å². The maximum absolute atomic E-state index is 13.2. The molecular formula is C36H24N2O2S2. The number of benzene rings is 5. The van der Waals surface area contributed by atoms with Crippen LogP contribution in [0.2, 0.25) is 0 Å². The van der Waals surface area contributed by atoms with E-state index in [0.29, 0.717) is 33.2 Å². The van der Waals surface area contributed by atoms with Crippen LogP contribution in [0.3, 0.4) is 0 Å². The van der Waals surface area contributed by atoms with Gasteiger partial charge in [-0.05, 0) is 71.8 Å². The standard InChI is InChI=1S/C36H24N2O2S2/c39-35-21-31(23-11-15-27(16-12-23)41-25-7-3-1-4-8-25)37-33-19-30-34(20-29(33)35)38-32(22-36(30)40)24-13-17-28(18-14-24)42-26-9-5-2-6-10-26/h1-22H,(H,37,39)(H,38,40). The normalized spacial score (nSPS) is 11.2. The molecular weight excluding hydrogens is 557 g/mol. The topological polar surface area (TPSA) is 65.7 Å². The van der Waals surface area contributed by atoms with E-state index in [9.17, 15) is 9.59 Å². The van der Waals surface area contributed by atoms with Crippen molar-refractivity contribution in [3.05, 3.63) is 154 Å². The van der Waals surface area contributed by atoms with E-state index in [0.717, 1.165) is 20.9 Å². The molecule has 7 aromatic rings. The summed E-state index contributed by atoms with van der Waals surface area (Å²) in [6.45, 7) is 0. The smallest absolute Gasteiger partial charge is 0.190 e. The third-order valence-electron chi connectivity index (χ3n) is 7.07. The molecule has 0 saturated carbocycles. The third kappa shape index (κ3) is 5.42. The molecule has 0 aliphatic rings. The summed E-state index contributed by atoms with van der Waals surface area (Å²) in [5, 5.41) is 1.06. The molecule has 2 N–H and O–H groups in total. The summed E-state index contributed by atoms with van der Waals surface area (Å²) in [5.41, 5.74) is 4.30. The van der Waals surface area contributed by atoms with E-state index in [-0.39, 0.29) is 10.9 Å². The van der Waals surface area contributed by atoms with Gasteiger partial charge < -0.3 is 9.97 Å². The molecule has 6 heteroatoms. The first kappa shape index (κ1) is 26.1. The van der Waals surface area contributed by atoms with Gasteiger partial charge in [0.15, 0.2) is 10.9 Å². The van der Waals surface area contributed by atoms with E-state index >= 15 is 0 Å². The van der Waals surface area contributed by atoms with E-state index in [1.54, 1.807) is 47.8 Å². The first-order chi connectivity index (χ1) is 20.6. The number of aromatic amines is 2. The quantitative estimate of drug-likeness (QED) is 0.193. The van der Waals surface area contributed by atoms with Gasteiger partial charge in [0.1, 0.15) is 0 Å². The Bertz CT molecular complexity index is 2000. The molecule has 0 fully saturated rings. The van der Waals surface area contributed by atoms with Gasteiger partial charge >= 0.3 is 0 Å². The third-order valence-corrected chi connectivity index (χ3v) is 9.10. The maximum Gasteiger partial charge on any atom is 0.190 e. The fourth-order valence-corrected chi connectivity index (χ4v) is 6.63. The van der Waals surface area contributed by atoms with Crippen molar-refractivity contribution in [2.24, 2.45) is 0 Å². The molecule has 42 heavy (non-hydrogen) atoms. The lowest BCUT2D eigenvalue weighted by molar-refractivity contribution is 1.34. The first-order valence-corrected chi connectivity index (χ1v) is 15.1. The number of nitrogens with one attached hydrogen (secondary N) is 2. The highest BCUT2D eigenvalue weighted by Gasteiger charge is 2.11. The SMILES string of the molecule is O=c1cc(-c2ccc(Sc3ccccc3)cc2)[nH]c2cc3c(=O)cc(-c4ccc(Sc5ccccc5)cc4)[nH]c3cc12. The molecule has 0 atom stereocenters. The van der Waals surface area contributed by atoms with E-state index in [2.05, 4.69) is 58.5 Å². The number of hydrogen-bond donors (Lipinski definition) is 2. The van der Waals surface area contributed by atoms with Crippen molar-refractivity contribution < 1.29 is 0 Å². The fourth-order valence-electron chi connectivity index (χ4n) is 4.96. The maximum atomic E-state index is 13.2. The lowest BCUT2D eigenvalue weighted by atomic mass is 10.1. The number of aromatic nitrogens is 2. The second-order valence-electron chi connectivity index (χ2n) is 9.92. The van der Waals surface area contributed by atoms with Crippen molar-refractivity contribution in [2.75, 3.05) is 0 Å². The van der Waals surface area contributed by atoms with Gasteiger partial charge in [0, 0.05) is 53.9 Å². The molecule has 0 saturated heterocycles. The van der Waals surface area contributed by atoms with Crippen molar-refractivity contribution >= 4 is 45.3 Å². The Labute approximate surface area is 250 Å². The predicted molar refractivity (Wildman–Crippen MR) is 175 cm³/mol. The number of H-pyrrole nitrogens is 2. The van der Waals surface area contributed by atoms with Gasteiger partial charge in [0.2, 0.25) is 0 Å². The Morgan fingerprint density at radius 3 is 1.14 bits per heavy atom. The molecule has 0 aliphatic heterocycles. The molecule has 0 amide bonds. The Kier molecular flexibility index (Phi) is 7.00. The molecule has 7 rings (SSSR count). The largest absolute Gasteiger partial charge is 0.354 e. The summed E-state index contributed by atoms with van der Waals surface area (Å²) in [6, 6.07) is 43.4. The van der Waals surface area contributed by atoms with Gasteiger partial charge in [-0.3, -0.25) is 9.59 Å². The van der Waals surface area contributed by atoms with Crippen molar-refractivity contribution in [2.45, 2.75) is 19.6 Å². The van der Waals surface area contributed by atoms with Gasteiger partial charge in [-0.25, -0.2) is 0 Å². The minimum atomic E-state index is -0.100. The summed E-state index contributed by atoms with van der Waals surface area (Å²) >= 11 is 3.38. The number of rotatable bonds is 6. The number of pyridine rings is 2. The molecule has 2 aromatic heterocycles. The number of fused-ring (bicyclic) bond motifs is 2. The van der Waals surface area contributed by atoms with Crippen molar-refractivity contribution in [3.63, 3.8) is 0 Å². The highest BCUT2D eigenvalue weighted by Crippen LogP contribution is 2.31. The Balaban J connectivity index is 1.19. The van der Waals surface area contributed by atoms with Gasteiger partial charge in [0.05, 0.1) is 11.0 Å². The summed E-state index contributed by atoms with van der Waals surface area (Å²) in [4.78, 5) is 37.8.